The van der Waals surface area contributed by atoms with Crippen LogP contribution in [0.1, 0.15) is 48.1 Å². The van der Waals surface area contributed by atoms with E-state index in [1.807, 2.05) is 0 Å². The van der Waals surface area contributed by atoms with Crippen LogP contribution < -0.4 is 4.74 Å². The first-order chi connectivity index (χ1) is 17.2. The molecule has 6 nitrogen and oxygen atoms in total. The van der Waals surface area contributed by atoms with E-state index in [0.717, 1.165) is 24.8 Å². The summed E-state index contributed by atoms with van der Waals surface area (Å²) in [6, 6.07) is 8.00. The third-order valence-corrected chi connectivity index (χ3v) is 6.12. The molecule has 1 fully saturated rings. The number of hydrogen-bond acceptors (Lipinski definition) is 5. The Morgan fingerprint density at radius 3 is 2.73 bits per heavy atom. The number of fused-ring (bicyclic) bond motifs is 1. The highest BCUT2D eigenvalue weighted by Gasteiger charge is 2.23. The molecule has 0 bridgehead atoms. The number of pyridine rings is 2. The van der Waals surface area contributed by atoms with Crippen molar-refractivity contribution in [2.24, 2.45) is 0 Å². The van der Waals surface area contributed by atoms with Gasteiger partial charge in [0.05, 0.1) is 15.6 Å². The molecule has 0 radical (unpaired) electrons. The van der Waals surface area contributed by atoms with E-state index < -0.39 is 18.9 Å². The Morgan fingerprint density at radius 1 is 1.18 bits per heavy atom. The summed E-state index contributed by atoms with van der Waals surface area (Å²) in [5, 5.41) is 5.63. The van der Waals surface area contributed by atoms with Gasteiger partial charge in [-0.1, -0.05) is 23.2 Å². The van der Waals surface area contributed by atoms with Crippen LogP contribution in [0.3, 0.4) is 0 Å². The van der Waals surface area contributed by atoms with Gasteiger partial charge in [0.1, 0.15) is 17.5 Å². The summed E-state index contributed by atoms with van der Waals surface area (Å²) >= 11 is 12.5. The number of halogens is 3. The minimum absolute atomic E-state index is 0.0880. The van der Waals surface area contributed by atoms with E-state index in [-0.39, 0.29) is 27.6 Å². The van der Waals surface area contributed by atoms with Gasteiger partial charge in [0, 0.05) is 45.8 Å². The molecule has 1 saturated heterocycles. The fourth-order valence-corrected chi connectivity index (χ4v) is 4.49. The van der Waals surface area contributed by atoms with Crippen LogP contribution in [0.4, 0.5) is 4.39 Å². The normalized spacial score (nSPS) is 19.0. The highest BCUT2D eigenvalue weighted by molar-refractivity contribution is 6.35. The molecule has 5 rings (SSSR count). The molecule has 2 atom stereocenters. The van der Waals surface area contributed by atoms with Gasteiger partial charge in [-0.05, 0) is 56.4 Å². The molecule has 3 aromatic heterocycles. The van der Waals surface area contributed by atoms with E-state index in [1.165, 1.54) is 24.7 Å². The number of benzene rings is 1. The van der Waals surface area contributed by atoms with Crippen molar-refractivity contribution in [3.05, 3.63) is 70.5 Å². The van der Waals surface area contributed by atoms with Crippen LogP contribution in [0.15, 0.2) is 48.9 Å². The van der Waals surface area contributed by atoms with Crippen LogP contribution in [-0.2, 0) is 4.74 Å². The summed E-state index contributed by atoms with van der Waals surface area (Å²) < 4.78 is 51.4. The van der Waals surface area contributed by atoms with Crippen molar-refractivity contribution in [2.45, 2.75) is 38.4 Å². The molecule has 33 heavy (non-hydrogen) atoms. The maximum absolute atomic E-state index is 13.5. The lowest BCUT2D eigenvalue weighted by molar-refractivity contribution is -0.0365. The van der Waals surface area contributed by atoms with Crippen molar-refractivity contribution in [1.29, 1.82) is 0 Å². The lowest BCUT2D eigenvalue weighted by atomic mass is 10.1. The third-order valence-electron chi connectivity index (χ3n) is 5.51. The number of hydrogen-bond donors (Lipinski definition) is 0. The molecule has 1 aliphatic heterocycles. The number of ether oxygens (including phenoxy) is 2. The van der Waals surface area contributed by atoms with Crippen molar-refractivity contribution in [3.8, 4) is 17.0 Å². The summed E-state index contributed by atoms with van der Waals surface area (Å²) in [5.74, 6) is -0.332. The molecule has 0 aliphatic carbocycles. The van der Waals surface area contributed by atoms with Gasteiger partial charge < -0.3 is 9.47 Å². The first kappa shape index (κ1) is 18.7. The van der Waals surface area contributed by atoms with Gasteiger partial charge in [-0.25, -0.2) is 9.67 Å². The maximum Gasteiger partial charge on any atom is 0.212 e. The largest absolute Gasteiger partial charge is 0.486 e. The van der Waals surface area contributed by atoms with Crippen LogP contribution in [-0.4, -0.2) is 26.4 Å². The average molecular weight is 490 g/mol. The Hall–Kier alpha value is -2.74. The Balaban J connectivity index is 1.61. The second kappa shape index (κ2) is 9.25. The summed E-state index contributed by atoms with van der Waals surface area (Å²) in [7, 11) is 0. The first-order valence-electron chi connectivity index (χ1n) is 11.9. The Labute approximate surface area is 204 Å². The smallest absolute Gasteiger partial charge is 0.212 e. The van der Waals surface area contributed by atoms with Crippen LogP contribution in [0.5, 0.6) is 5.75 Å². The molecule has 1 aliphatic rings. The van der Waals surface area contributed by atoms with E-state index in [4.69, 9.17) is 41.9 Å². The Morgan fingerprint density at radius 2 is 2.03 bits per heavy atom. The van der Waals surface area contributed by atoms with Crippen LogP contribution in [0.2, 0.25) is 10.0 Å². The van der Waals surface area contributed by atoms with Gasteiger partial charge >= 0.3 is 0 Å². The average Bonchev–Trinajstić information content (AvgIpc) is 3.22. The van der Waals surface area contributed by atoms with Gasteiger partial charge in [-0.2, -0.15) is 9.49 Å². The van der Waals surface area contributed by atoms with Gasteiger partial charge in [-0.15, -0.1) is 0 Å². The molecule has 0 amide bonds. The molecule has 4 heterocycles. The van der Waals surface area contributed by atoms with Crippen LogP contribution >= 0.6 is 23.2 Å². The highest BCUT2D eigenvalue weighted by Crippen LogP contribution is 2.37. The number of aromatic nitrogens is 4. The lowest BCUT2D eigenvalue weighted by Crippen LogP contribution is -2.19. The van der Waals surface area contributed by atoms with E-state index in [9.17, 15) is 4.39 Å². The van der Waals surface area contributed by atoms with Gasteiger partial charge in [0.2, 0.25) is 5.95 Å². The first-order valence-corrected chi connectivity index (χ1v) is 11.2. The molecule has 1 aromatic carbocycles. The molecule has 2 unspecified atom stereocenters. The predicted molar refractivity (Wildman–Crippen MR) is 125 cm³/mol. The molecule has 4 aromatic rings. The van der Waals surface area contributed by atoms with Crippen molar-refractivity contribution < 1.29 is 18.0 Å². The molecular formula is C24H21Cl2FN4O2. The fraction of sp³-hybridized carbons (Fsp3) is 0.292. The number of rotatable bonds is 5. The predicted octanol–water partition coefficient (Wildman–Crippen LogP) is 6.78. The van der Waals surface area contributed by atoms with Gasteiger partial charge in [0.25, 0.3) is 0 Å². The van der Waals surface area contributed by atoms with E-state index >= 15 is 0 Å². The zero-order chi connectivity index (χ0) is 25.4. The molecule has 0 N–H and O–H groups in total. The zero-order valence-electron chi connectivity index (χ0n) is 20.3. The summed E-state index contributed by atoms with van der Waals surface area (Å²) in [5.41, 5.74) is 2.03. The summed E-state index contributed by atoms with van der Waals surface area (Å²) in [6.07, 6.45) is 5.15. The fourth-order valence-electron chi connectivity index (χ4n) is 3.93. The quantitative estimate of drug-likeness (QED) is 0.289. The summed E-state index contributed by atoms with van der Waals surface area (Å²) in [6.45, 7) is -1.94. The lowest BCUT2D eigenvalue weighted by Gasteiger charge is -2.23. The van der Waals surface area contributed by atoms with Crippen molar-refractivity contribution in [3.63, 3.8) is 0 Å². The van der Waals surface area contributed by atoms with Crippen molar-refractivity contribution in [1.82, 2.24) is 19.7 Å². The molecule has 170 valence electrons. The third kappa shape index (κ3) is 4.40. The second-order valence-electron chi connectivity index (χ2n) is 7.68. The standard InChI is InChI=1S/C24H21Cl2FN4O2/c1-14(23-18(25)12-28-13-19(23)26)33-16-6-7-20-17(10-16)24(15-5-8-21(27)29-11-15)30-31(20)22-4-2-3-9-32-22/h5-8,10-14,22H,2-4,9H2,1H3/i1D3. The monoisotopic (exact) mass is 489 g/mol. The summed E-state index contributed by atoms with van der Waals surface area (Å²) in [4.78, 5) is 7.65. The van der Waals surface area contributed by atoms with E-state index in [0.29, 0.717) is 23.3 Å². The highest BCUT2D eigenvalue weighted by atomic mass is 35.5. The second-order valence-corrected chi connectivity index (χ2v) is 8.49. The number of nitrogens with zero attached hydrogens (tertiary/aromatic N) is 4. The van der Waals surface area contributed by atoms with E-state index in [2.05, 4.69) is 9.97 Å². The van der Waals surface area contributed by atoms with Crippen molar-refractivity contribution in [2.75, 3.05) is 6.61 Å². The SMILES string of the molecule is [2H]C([2H])([2H])C(Oc1ccc2c(c1)c(-c1ccc(F)nc1)nn2C1CCCCO1)c1c(Cl)cncc1Cl. The molecule has 9 heteroatoms. The minimum Gasteiger partial charge on any atom is -0.486 e. The Bertz CT molecular complexity index is 1370. The maximum atomic E-state index is 13.5. The van der Waals surface area contributed by atoms with Gasteiger partial charge in [-0.3, -0.25) is 4.98 Å². The van der Waals surface area contributed by atoms with E-state index in [1.54, 1.807) is 28.9 Å². The zero-order valence-corrected chi connectivity index (χ0v) is 18.9. The van der Waals surface area contributed by atoms with Crippen LogP contribution in [0, 0.1) is 5.95 Å². The molecule has 0 spiro atoms. The molecule has 0 saturated carbocycles. The molecular weight excluding hydrogens is 466 g/mol. The van der Waals surface area contributed by atoms with Crippen LogP contribution in [0.25, 0.3) is 22.2 Å². The van der Waals surface area contributed by atoms with Crippen molar-refractivity contribution >= 4 is 34.1 Å². The minimum atomic E-state index is -2.58. The Kier molecular flexibility index (Phi) is 5.23. The topological polar surface area (TPSA) is 62.1 Å². The van der Waals surface area contributed by atoms with Gasteiger partial charge in [0.15, 0.2) is 6.23 Å².